The van der Waals surface area contributed by atoms with Crippen LogP contribution in [-0.2, 0) is 0 Å². The molecule has 3 aromatic heterocycles. The maximum absolute atomic E-state index is 13.1. The van der Waals surface area contributed by atoms with Gasteiger partial charge in [-0.25, -0.2) is 15.0 Å². The van der Waals surface area contributed by atoms with Crippen LogP contribution in [0.15, 0.2) is 84.3 Å². The van der Waals surface area contributed by atoms with Crippen molar-refractivity contribution in [1.29, 1.82) is 0 Å². The number of benzene rings is 1. The number of nitrogens with one attached hydrogen (secondary N) is 2. The summed E-state index contributed by atoms with van der Waals surface area (Å²) in [7, 11) is 0. The Labute approximate surface area is 184 Å². The smallest absolute Gasteiger partial charge is 0.276 e. The fourth-order valence-electron chi connectivity index (χ4n) is 3.41. The van der Waals surface area contributed by atoms with E-state index in [0.717, 1.165) is 18.5 Å². The lowest BCUT2D eigenvalue weighted by Gasteiger charge is -2.13. The van der Waals surface area contributed by atoms with Gasteiger partial charge in [0.2, 0.25) is 0 Å². The Balaban J connectivity index is 1.40. The van der Waals surface area contributed by atoms with E-state index in [-0.39, 0.29) is 11.5 Å². The summed E-state index contributed by atoms with van der Waals surface area (Å²) in [5.41, 5.74) is 3.68. The number of carbonyl (C=O) groups excluding carboxylic acids is 1. The molecule has 1 aliphatic rings. The van der Waals surface area contributed by atoms with Gasteiger partial charge < -0.3 is 10.6 Å². The highest BCUT2D eigenvalue weighted by molar-refractivity contribution is 6.07. The average molecular weight is 424 g/mol. The molecule has 1 aromatic carbocycles. The number of pyridine rings is 2. The second-order valence-corrected chi connectivity index (χ2v) is 7.57. The Morgan fingerprint density at radius 3 is 2.44 bits per heavy atom. The van der Waals surface area contributed by atoms with Gasteiger partial charge in [0.25, 0.3) is 11.5 Å². The molecule has 0 radical (unpaired) electrons. The molecular weight excluding hydrogens is 404 g/mol. The Hall–Kier alpha value is -4.33. The van der Waals surface area contributed by atoms with Crippen molar-refractivity contribution in [2.45, 2.75) is 18.8 Å². The van der Waals surface area contributed by atoms with Gasteiger partial charge in [0, 0.05) is 35.2 Å². The lowest BCUT2D eigenvalue weighted by molar-refractivity contribution is 0.102. The van der Waals surface area contributed by atoms with Crippen LogP contribution in [0.5, 0.6) is 0 Å². The number of amides is 1. The second kappa shape index (κ2) is 8.43. The van der Waals surface area contributed by atoms with Crippen LogP contribution in [0.3, 0.4) is 0 Å². The molecule has 0 unspecified atom stereocenters. The van der Waals surface area contributed by atoms with E-state index in [2.05, 4.69) is 25.6 Å². The monoisotopic (exact) mass is 424 g/mol. The van der Waals surface area contributed by atoms with Crippen LogP contribution in [0.25, 0.3) is 5.69 Å². The molecule has 2 N–H and O–H groups in total. The van der Waals surface area contributed by atoms with Crippen LogP contribution < -0.4 is 16.2 Å². The quantitative estimate of drug-likeness (QED) is 0.487. The largest absolute Gasteiger partial charge is 0.351 e. The molecule has 0 bridgehead atoms. The summed E-state index contributed by atoms with van der Waals surface area (Å²) in [6, 6.07) is 15.9. The Bertz CT molecular complexity index is 1310. The number of aromatic nitrogens is 4. The molecule has 1 saturated carbocycles. The van der Waals surface area contributed by atoms with Crippen molar-refractivity contribution in [3.05, 3.63) is 101 Å². The molecule has 8 nitrogen and oxygen atoms in total. The molecule has 158 valence electrons. The second-order valence-electron chi connectivity index (χ2n) is 7.57. The van der Waals surface area contributed by atoms with Gasteiger partial charge in [-0.3, -0.25) is 14.2 Å². The maximum atomic E-state index is 13.1. The summed E-state index contributed by atoms with van der Waals surface area (Å²) in [5, 5.41) is 6.08. The van der Waals surface area contributed by atoms with Gasteiger partial charge in [-0.1, -0.05) is 6.07 Å². The summed E-state index contributed by atoms with van der Waals surface area (Å²) in [4.78, 5) is 37.8. The maximum Gasteiger partial charge on any atom is 0.276 e. The molecule has 1 aliphatic carbocycles. The molecule has 1 fully saturated rings. The number of hydrogen-bond acceptors (Lipinski definition) is 6. The van der Waals surface area contributed by atoms with Crippen molar-refractivity contribution >= 4 is 23.0 Å². The SMILES string of the molecule is O=C(Nc1ccc(-n2ccccc2=O)cc1)c1nc(C2CC2)ccc1Nc1cncnc1. The van der Waals surface area contributed by atoms with Gasteiger partial charge in [-0.05, 0) is 55.3 Å². The molecule has 0 spiro atoms. The summed E-state index contributed by atoms with van der Waals surface area (Å²) in [6.07, 6.45) is 8.59. The van der Waals surface area contributed by atoms with E-state index in [4.69, 9.17) is 0 Å². The van der Waals surface area contributed by atoms with E-state index in [1.54, 1.807) is 55.0 Å². The summed E-state index contributed by atoms with van der Waals surface area (Å²) in [5.74, 6) is 0.0932. The first-order valence-corrected chi connectivity index (χ1v) is 10.3. The Kier molecular flexibility index (Phi) is 5.17. The van der Waals surface area contributed by atoms with Gasteiger partial charge in [0.15, 0.2) is 5.69 Å². The number of carbonyl (C=O) groups is 1. The Morgan fingerprint density at radius 2 is 1.72 bits per heavy atom. The van der Waals surface area contributed by atoms with E-state index in [0.29, 0.717) is 34.4 Å². The van der Waals surface area contributed by atoms with Crippen molar-refractivity contribution in [1.82, 2.24) is 19.5 Å². The molecule has 8 heteroatoms. The zero-order valence-corrected chi connectivity index (χ0v) is 17.1. The van der Waals surface area contributed by atoms with Crippen LogP contribution in [0.2, 0.25) is 0 Å². The van der Waals surface area contributed by atoms with Gasteiger partial charge in [-0.15, -0.1) is 0 Å². The third-order valence-electron chi connectivity index (χ3n) is 5.19. The first kappa shape index (κ1) is 19.6. The molecule has 5 rings (SSSR count). The Morgan fingerprint density at radius 1 is 0.938 bits per heavy atom. The normalized spacial score (nSPS) is 12.9. The van der Waals surface area contributed by atoms with E-state index in [9.17, 15) is 9.59 Å². The van der Waals surface area contributed by atoms with Crippen LogP contribution in [0.1, 0.15) is 34.9 Å². The van der Waals surface area contributed by atoms with Crippen LogP contribution in [0, 0.1) is 0 Å². The average Bonchev–Trinajstić information content (AvgIpc) is 3.67. The number of anilines is 3. The molecule has 0 saturated heterocycles. The minimum absolute atomic E-state index is 0.119. The van der Waals surface area contributed by atoms with E-state index in [1.807, 2.05) is 12.1 Å². The van der Waals surface area contributed by atoms with Gasteiger partial charge in [-0.2, -0.15) is 0 Å². The van der Waals surface area contributed by atoms with Crippen molar-refractivity contribution in [3.8, 4) is 5.69 Å². The first-order valence-electron chi connectivity index (χ1n) is 10.3. The van der Waals surface area contributed by atoms with Crippen LogP contribution in [0.4, 0.5) is 17.1 Å². The molecule has 0 atom stereocenters. The summed E-state index contributed by atoms with van der Waals surface area (Å²) < 4.78 is 1.54. The van der Waals surface area contributed by atoms with Crippen LogP contribution in [-0.4, -0.2) is 25.4 Å². The number of rotatable bonds is 6. The molecule has 0 aliphatic heterocycles. The number of hydrogen-bond donors (Lipinski definition) is 2. The van der Waals surface area contributed by atoms with Crippen molar-refractivity contribution < 1.29 is 4.79 Å². The van der Waals surface area contributed by atoms with Crippen LogP contribution >= 0.6 is 0 Å². The van der Waals surface area contributed by atoms with Crippen molar-refractivity contribution in [3.63, 3.8) is 0 Å². The van der Waals surface area contributed by atoms with E-state index in [1.165, 1.54) is 17.0 Å². The lowest BCUT2D eigenvalue weighted by Crippen LogP contribution is -2.17. The molecule has 32 heavy (non-hydrogen) atoms. The first-order chi connectivity index (χ1) is 15.7. The number of nitrogens with zero attached hydrogens (tertiary/aromatic N) is 4. The summed E-state index contributed by atoms with van der Waals surface area (Å²) in [6.45, 7) is 0. The minimum atomic E-state index is -0.323. The summed E-state index contributed by atoms with van der Waals surface area (Å²) >= 11 is 0. The highest BCUT2D eigenvalue weighted by Gasteiger charge is 2.27. The third-order valence-corrected chi connectivity index (χ3v) is 5.19. The zero-order valence-electron chi connectivity index (χ0n) is 17.1. The van der Waals surface area contributed by atoms with Gasteiger partial charge in [0.1, 0.15) is 6.33 Å². The third kappa shape index (κ3) is 4.24. The zero-order chi connectivity index (χ0) is 21.9. The predicted molar refractivity (Wildman–Crippen MR) is 122 cm³/mol. The van der Waals surface area contributed by atoms with Gasteiger partial charge in [0.05, 0.1) is 23.8 Å². The molecule has 1 amide bonds. The minimum Gasteiger partial charge on any atom is -0.351 e. The van der Waals surface area contributed by atoms with Crippen molar-refractivity contribution in [2.75, 3.05) is 10.6 Å². The fraction of sp³-hybridized carbons (Fsp3) is 0.125. The fourth-order valence-corrected chi connectivity index (χ4v) is 3.41. The molecule has 3 heterocycles. The molecular formula is C24H20N6O2. The van der Waals surface area contributed by atoms with E-state index >= 15 is 0 Å². The van der Waals surface area contributed by atoms with E-state index < -0.39 is 0 Å². The lowest BCUT2D eigenvalue weighted by atomic mass is 10.2. The van der Waals surface area contributed by atoms with Crippen molar-refractivity contribution in [2.24, 2.45) is 0 Å². The molecule has 4 aromatic rings. The standard InChI is InChI=1S/C24H20N6O2/c31-22-3-1-2-12-30(22)19-8-6-17(7-9-19)28-24(32)23-21(27-18-13-25-15-26-14-18)11-10-20(29-23)16-4-5-16/h1-3,6-16,27H,4-5H2,(H,28,32). The predicted octanol–water partition coefficient (Wildman–Crippen LogP) is 3.90. The highest BCUT2D eigenvalue weighted by atomic mass is 16.2. The topological polar surface area (TPSA) is 102 Å². The highest BCUT2D eigenvalue weighted by Crippen LogP contribution is 2.39. The van der Waals surface area contributed by atoms with Gasteiger partial charge >= 0.3 is 0 Å².